The van der Waals surface area contributed by atoms with Gasteiger partial charge >= 0.3 is 6.18 Å². The number of hydrazine groups is 1. The monoisotopic (exact) mass is 784 g/mol. The number of carbonyl (C=O) groups excluding carboxylic acids is 4. The van der Waals surface area contributed by atoms with Crippen LogP contribution in [0.5, 0.6) is 5.75 Å². The lowest BCUT2D eigenvalue weighted by molar-refractivity contribution is -0.142. The van der Waals surface area contributed by atoms with Crippen molar-refractivity contribution in [2.45, 2.75) is 34.7 Å². The van der Waals surface area contributed by atoms with E-state index in [4.69, 9.17) is 34.8 Å². The molecule has 0 bridgehead atoms. The lowest BCUT2D eigenvalue weighted by Crippen LogP contribution is -2.60. The highest BCUT2D eigenvalue weighted by Gasteiger charge is 2.76. The highest BCUT2D eigenvalue weighted by molar-refractivity contribution is 9.09. The van der Waals surface area contributed by atoms with Gasteiger partial charge in [0.1, 0.15) is 11.4 Å². The first kappa shape index (κ1) is 33.1. The number of likely N-dealkylation sites (tertiary alicyclic amines) is 1. The average molecular weight is 787 g/mol. The van der Waals surface area contributed by atoms with Crippen molar-refractivity contribution >= 4 is 91.0 Å². The van der Waals surface area contributed by atoms with Crippen LogP contribution in [0, 0.1) is 17.8 Å². The SMILES string of the molecule is CN(c1nc(C(F)(F)F)ccc1Cl)N1C(=O)[C@H]2[C@H](CC=C3[C@H]2C[C@@]2(Cl)C(=O)N(CBr)C(=O)[C@@]2(Cl)[C@H]3c2ccc3ccccc3c2O)C1=O. The first-order valence-electron chi connectivity index (χ1n) is 14.6. The predicted molar refractivity (Wildman–Crippen MR) is 173 cm³/mol. The molecule has 1 N–H and O–H groups in total. The molecule has 2 aliphatic heterocycles. The topological polar surface area (TPSA) is 111 Å². The summed E-state index contributed by atoms with van der Waals surface area (Å²) in [5.41, 5.74) is -0.860. The number of halogens is 7. The Balaban J connectivity index is 1.37. The Morgan fingerprint density at radius 1 is 1.02 bits per heavy atom. The summed E-state index contributed by atoms with van der Waals surface area (Å²) in [4.78, 5) is 56.3. The van der Waals surface area contributed by atoms with Crippen LogP contribution < -0.4 is 5.01 Å². The number of fused-ring (bicyclic) bond motifs is 5. The molecule has 6 atom stereocenters. The second-order valence-corrected chi connectivity index (χ2v) is 14.4. The van der Waals surface area contributed by atoms with Gasteiger partial charge in [-0.2, -0.15) is 18.2 Å². The fraction of sp³-hybridized carbons (Fsp3) is 0.344. The Hall–Kier alpha value is -3.39. The van der Waals surface area contributed by atoms with Crippen LogP contribution in [0.3, 0.4) is 0 Å². The van der Waals surface area contributed by atoms with Crippen molar-refractivity contribution < 1.29 is 37.5 Å². The Bertz CT molecular complexity index is 2000. The number of amides is 4. The Morgan fingerprint density at radius 2 is 1.73 bits per heavy atom. The fourth-order valence-corrected chi connectivity index (χ4v) is 9.44. The number of aromatic hydroxyl groups is 1. The first-order chi connectivity index (χ1) is 22.6. The average Bonchev–Trinajstić information content (AvgIpc) is 3.38. The van der Waals surface area contributed by atoms with Crippen LogP contribution in [0.2, 0.25) is 5.02 Å². The molecule has 2 saturated heterocycles. The standard InChI is InChI=1S/C32H23BrCl3F3N4O5/c1-41(25-20(34)10-11-21(40-25)32(37,38)39)43-26(45)17-9-8-16-19(22(17)27(43)46)12-30(35)28(47)42(13-33)29(48)31(30,36)23(16)18-7-6-14-4-2-3-5-15(14)24(18)44/h2-8,10-11,17,19,22-23,44H,9,12-13H2,1H3/t17-,19+,22-,23+,30+,31-/m0/s1. The van der Waals surface area contributed by atoms with Crippen LogP contribution in [-0.4, -0.2) is 65.9 Å². The number of carbonyl (C=O) groups is 4. The Labute approximate surface area is 294 Å². The second-order valence-electron chi connectivity index (χ2n) is 12.2. The smallest absolute Gasteiger partial charge is 0.433 e. The molecule has 250 valence electrons. The lowest BCUT2D eigenvalue weighted by Gasteiger charge is -2.50. The first-order valence-corrected chi connectivity index (χ1v) is 16.9. The molecule has 9 nitrogen and oxygen atoms in total. The van der Waals surface area contributed by atoms with E-state index in [1.54, 1.807) is 42.5 Å². The van der Waals surface area contributed by atoms with Crippen LogP contribution >= 0.6 is 50.7 Å². The van der Waals surface area contributed by atoms with Crippen molar-refractivity contribution in [3.05, 3.63) is 76.5 Å². The highest BCUT2D eigenvalue weighted by Crippen LogP contribution is 2.66. The number of phenols is 1. The van der Waals surface area contributed by atoms with Crippen LogP contribution in [0.25, 0.3) is 10.8 Å². The van der Waals surface area contributed by atoms with Gasteiger partial charge < -0.3 is 5.11 Å². The summed E-state index contributed by atoms with van der Waals surface area (Å²) in [6.07, 6.45) is -3.46. The number of nitrogens with zero attached hydrogens (tertiary/aromatic N) is 4. The molecule has 1 aromatic heterocycles. The van der Waals surface area contributed by atoms with Gasteiger partial charge in [-0.3, -0.25) is 29.1 Å². The number of aromatic nitrogens is 1. The van der Waals surface area contributed by atoms with Gasteiger partial charge in [0.05, 0.1) is 22.3 Å². The molecule has 0 unspecified atom stereocenters. The van der Waals surface area contributed by atoms with E-state index in [0.717, 1.165) is 16.0 Å². The molecule has 16 heteroatoms. The van der Waals surface area contributed by atoms with Gasteiger partial charge in [0, 0.05) is 23.9 Å². The number of allylic oxidation sites excluding steroid dienone is 2. The predicted octanol–water partition coefficient (Wildman–Crippen LogP) is 6.38. The van der Waals surface area contributed by atoms with E-state index in [9.17, 15) is 37.5 Å². The minimum Gasteiger partial charge on any atom is -0.507 e. The molecule has 3 heterocycles. The minimum absolute atomic E-state index is 0.00738. The van der Waals surface area contributed by atoms with E-state index >= 15 is 0 Å². The van der Waals surface area contributed by atoms with Crippen molar-refractivity contribution in [1.82, 2.24) is 14.9 Å². The molecule has 2 aromatic carbocycles. The number of alkyl halides is 6. The number of rotatable bonds is 4. The zero-order chi connectivity index (χ0) is 34.7. The molecule has 4 amide bonds. The molecule has 0 radical (unpaired) electrons. The van der Waals surface area contributed by atoms with Gasteiger partial charge in [-0.05, 0) is 36.3 Å². The van der Waals surface area contributed by atoms with E-state index in [2.05, 4.69) is 20.9 Å². The fourth-order valence-electron chi connectivity index (χ4n) is 7.79. The Kier molecular flexibility index (Phi) is 7.63. The molecule has 48 heavy (non-hydrogen) atoms. The van der Waals surface area contributed by atoms with Gasteiger partial charge in [-0.1, -0.05) is 75.6 Å². The second kappa shape index (κ2) is 11.1. The minimum atomic E-state index is -4.82. The van der Waals surface area contributed by atoms with Gasteiger partial charge in [0.2, 0.25) is 0 Å². The third kappa shape index (κ3) is 4.32. The van der Waals surface area contributed by atoms with Gasteiger partial charge in [0.15, 0.2) is 15.6 Å². The van der Waals surface area contributed by atoms with Crippen molar-refractivity contribution in [2.24, 2.45) is 17.8 Å². The van der Waals surface area contributed by atoms with Crippen molar-refractivity contribution in [3.8, 4) is 5.75 Å². The van der Waals surface area contributed by atoms with Crippen LogP contribution in [0.1, 0.15) is 30.0 Å². The maximum Gasteiger partial charge on any atom is 0.433 e. The number of benzene rings is 2. The highest BCUT2D eigenvalue weighted by atomic mass is 79.9. The number of pyridine rings is 1. The maximum atomic E-state index is 14.3. The number of anilines is 1. The zero-order valence-corrected chi connectivity index (χ0v) is 28.5. The van der Waals surface area contributed by atoms with Crippen molar-refractivity contribution in [3.63, 3.8) is 0 Å². The zero-order valence-electron chi connectivity index (χ0n) is 24.6. The third-order valence-electron chi connectivity index (χ3n) is 9.96. The van der Waals surface area contributed by atoms with Crippen LogP contribution in [0.15, 0.2) is 60.2 Å². The summed E-state index contributed by atoms with van der Waals surface area (Å²) in [6, 6.07) is 11.9. The largest absolute Gasteiger partial charge is 0.507 e. The number of hydrogen-bond acceptors (Lipinski definition) is 7. The molecular formula is C32H23BrCl3F3N4O5. The molecule has 4 aliphatic rings. The quantitative estimate of drug-likeness (QED) is 0.142. The van der Waals surface area contributed by atoms with Crippen molar-refractivity contribution in [2.75, 3.05) is 17.5 Å². The van der Waals surface area contributed by atoms with Gasteiger partial charge in [-0.25, -0.2) is 4.98 Å². The molecule has 2 aliphatic carbocycles. The van der Waals surface area contributed by atoms with E-state index < -0.39 is 74.7 Å². The summed E-state index contributed by atoms with van der Waals surface area (Å²) in [6.45, 7) is 0. The van der Waals surface area contributed by atoms with E-state index in [-0.39, 0.29) is 34.6 Å². The number of hydrogen-bond donors (Lipinski definition) is 1. The number of phenolic OH excluding ortho intramolecular Hbond substituents is 1. The molecular weight excluding hydrogens is 764 g/mol. The summed E-state index contributed by atoms with van der Waals surface area (Å²) >= 11 is 23.9. The molecule has 0 spiro atoms. The van der Waals surface area contributed by atoms with E-state index in [1.165, 1.54) is 7.05 Å². The lowest BCUT2D eigenvalue weighted by atomic mass is 9.56. The molecule has 3 aromatic rings. The van der Waals surface area contributed by atoms with Crippen molar-refractivity contribution in [1.29, 1.82) is 0 Å². The molecule has 1 saturated carbocycles. The van der Waals surface area contributed by atoms with Crippen LogP contribution in [-0.2, 0) is 25.4 Å². The number of imide groups is 2. The van der Waals surface area contributed by atoms with Gasteiger partial charge in [-0.15, -0.1) is 23.2 Å². The third-order valence-corrected chi connectivity index (χ3v) is 12.2. The summed E-state index contributed by atoms with van der Waals surface area (Å²) in [7, 11) is 1.20. The summed E-state index contributed by atoms with van der Waals surface area (Å²) < 4.78 is 40.6. The van der Waals surface area contributed by atoms with Crippen LogP contribution in [0.4, 0.5) is 19.0 Å². The summed E-state index contributed by atoms with van der Waals surface area (Å²) in [5.74, 6) is -8.05. The summed E-state index contributed by atoms with van der Waals surface area (Å²) in [5, 5.41) is 14.1. The normalized spacial score (nSPS) is 30.0. The van der Waals surface area contributed by atoms with E-state index in [1.807, 2.05) is 0 Å². The maximum absolute atomic E-state index is 14.3. The Morgan fingerprint density at radius 3 is 2.42 bits per heavy atom. The van der Waals surface area contributed by atoms with Gasteiger partial charge in [0.25, 0.3) is 23.6 Å². The molecule has 3 fully saturated rings. The molecule has 7 rings (SSSR count). The van der Waals surface area contributed by atoms with E-state index in [0.29, 0.717) is 27.4 Å².